The summed E-state index contributed by atoms with van der Waals surface area (Å²) in [6, 6.07) is 0. The largest absolute Gasteiger partial charge is 0.450 e. The van der Waals surface area contributed by atoms with E-state index < -0.39 is 40.1 Å². The summed E-state index contributed by atoms with van der Waals surface area (Å²) >= 11 is 6.01. The van der Waals surface area contributed by atoms with Crippen LogP contribution < -0.4 is 0 Å². The van der Waals surface area contributed by atoms with Gasteiger partial charge in [0.2, 0.25) is 0 Å². The fraction of sp³-hybridized carbons (Fsp3) is 0.720. The van der Waals surface area contributed by atoms with E-state index in [2.05, 4.69) is 0 Å². The van der Waals surface area contributed by atoms with Gasteiger partial charge < -0.3 is 9.84 Å². The number of allylic oxidation sites excluding steroid dienone is 4. The molecule has 0 radical (unpaired) electrons. The Morgan fingerprint density at radius 3 is 2.62 bits per heavy atom. The van der Waals surface area contributed by atoms with E-state index in [0.717, 1.165) is 0 Å². The minimum Gasteiger partial charge on any atom is -0.450 e. The van der Waals surface area contributed by atoms with Crippen molar-refractivity contribution in [1.82, 2.24) is 0 Å². The average Bonchev–Trinajstić information content (AvgIpc) is 2.96. The van der Waals surface area contributed by atoms with Crippen molar-refractivity contribution in [2.75, 3.05) is 5.88 Å². The van der Waals surface area contributed by atoms with E-state index in [9.17, 15) is 19.5 Å². The zero-order valence-corrected chi connectivity index (χ0v) is 19.9. The Kier molecular flexibility index (Phi) is 5.53. The van der Waals surface area contributed by atoms with Crippen molar-refractivity contribution in [2.45, 2.75) is 77.2 Å². The highest BCUT2D eigenvalue weighted by atomic mass is 35.5. The summed E-state index contributed by atoms with van der Waals surface area (Å²) < 4.78 is 23.1. The van der Waals surface area contributed by atoms with Crippen LogP contribution in [0.3, 0.4) is 0 Å². The predicted octanol–water partition coefficient (Wildman–Crippen LogP) is 4.10. The number of alkyl halides is 2. The molecule has 176 valence electrons. The molecule has 3 saturated carbocycles. The molecule has 0 heterocycles. The maximum Gasteiger partial charge on any atom is 0.306 e. The van der Waals surface area contributed by atoms with Gasteiger partial charge in [0, 0.05) is 29.1 Å². The SMILES string of the molecule is CCC(=O)O[C@@]1(C(=O)CCl)[C@H](C)C[C@@H]2[C@H]3CCC4=CC(=O)C=C[C@]4(C)[C@]3(F)[C@@H](O)C[C@@]21C. The zero-order valence-electron chi connectivity index (χ0n) is 19.1. The Balaban J connectivity index is 1.85. The summed E-state index contributed by atoms with van der Waals surface area (Å²) in [5.41, 5.74) is -4.83. The van der Waals surface area contributed by atoms with Crippen LogP contribution >= 0.6 is 11.6 Å². The maximum atomic E-state index is 17.2. The number of carbonyl (C=O) groups is 3. The molecule has 0 aliphatic heterocycles. The number of halogens is 2. The van der Waals surface area contributed by atoms with Crippen molar-refractivity contribution in [3.05, 3.63) is 23.8 Å². The van der Waals surface area contributed by atoms with Crippen LogP contribution in [0.1, 0.15) is 59.8 Å². The first-order valence-electron chi connectivity index (χ1n) is 11.5. The van der Waals surface area contributed by atoms with Crippen molar-refractivity contribution in [3.8, 4) is 0 Å². The number of Topliss-reactive ketones (excluding diaryl/α,β-unsaturated/α-hetero) is 1. The van der Waals surface area contributed by atoms with Gasteiger partial charge in [0.1, 0.15) is 0 Å². The lowest BCUT2D eigenvalue weighted by molar-refractivity contribution is -0.227. The molecule has 4 rings (SSSR count). The molecule has 32 heavy (non-hydrogen) atoms. The van der Waals surface area contributed by atoms with Gasteiger partial charge in [-0.05, 0) is 50.7 Å². The third kappa shape index (κ3) is 2.68. The third-order valence-electron chi connectivity index (χ3n) is 9.28. The number of aliphatic hydroxyl groups is 1. The van der Waals surface area contributed by atoms with Crippen LogP contribution in [0.2, 0.25) is 0 Å². The second-order valence-corrected chi connectivity index (χ2v) is 10.8. The van der Waals surface area contributed by atoms with Crippen molar-refractivity contribution < 1.29 is 28.6 Å². The van der Waals surface area contributed by atoms with E-state index in [0.29, 0.717) is 24.8 Å². The zero-order chi connectivity index (χ0) is 23.7. The van der Waals surface area contributed by atoms with Gasteiger partial charge in [0.05, 0.1) is 12.0 Å². The minimum absolute atomic E-state index is 0.0285. The second-order valence-electron chi connectivity index (χ2n) is 10.5. The molecule has 0 unspecified atom stereocenters. The Hall–Kier alpha value is -1.53. The number of rotatable bonds is 4. The minimum atomic E-state index is -1.99. The summed E-state index contributed by atoms with van der Waals surface area (Å²) in [5, 5.41) is 11.4. The molecule has 8 atom stereocenters. The van der Waals surface area contributed by atoms with E-state index in [1.54, 1.807) is 19.9 Å². The molecule has 0 saturated heterocycles. The Bertz CT molecular complexity index is 929. The van der Waals surface area contributed by atoms with Gasteiger partial charge in [-0.2, -0.15) is 0 Å². The topological polar surface area (TPSA) is 80.7 Å². The lowest BCUT2D eigenvalue weighted by Gasteiger charge is -2.62. The molecule has 0 amide bonds. The summed E-state index contributed by atoms with van der Waals surface area (Å²) in [6.07, 6.45) is 4.67. The van der Waals surface area contributed by atoms with Gasteiger partial charge in [0.25, 0.3) is 0 Å². The Morgan fingerprint density at radius 1 is 1.31 bits per heavy atom. The summed E-state index contributed by atoms with van der Waals surface area (Å²) in [7, 11) is 0. The first-order valence-corrected chi connectivity index (χ1v) is 12.1. The first kappa shape index (κ1) is 23.6. The number of aliphatic hydroxyl groups excluding tert-OH is 1. The summed E-state index contributed by atoms with van der Waals surface area (Å²) in [5.74, 6) is -2.57. The van der Waals surface area contributed by atoms with Crippen LogP contribution in [-0.2, 0) is 19.1 Å². The van der Waals surface area contributed by atoms with Gasteiger partial charge >= 0.3 is 5.97 Å². The van der Waals surface area contributed by atoms with Gasteiger partial charge in [-0.25, -0.2) is 4.39 Å². The molecule has 0 aromatic heterocycles. The quantitative estimate of drug-likeness (QED) is 0.498. The molecular formula is C25H32ClFO5. The van der Waals surface area contributed by atoms with E-state index in [4.69, 9.17) is 16.3 Å². The van der Waals surface area contributed by atoms with Gasteiger partial charge in [0.15, 0.2) is 22.8 Å². The molecule has 7 heteroatoms. The average molecular weight is 467 g/mol. The van der Waals surface area contributed by atoms with E-state index in [-0.39, 0.29) is 42.1 Å². The summed E-state index contributed by atoms with van der Waals surface area (Å²) in [6.45, 7) is 7.13. The van der Waals surface area contributed by atoms with Crippen LogP contribution in [0.25, 0.3) is 0 Å². The van der Waals surface area contributed by atoms with Crippen LogP contribution in [0, 0.1) is 28.6 Å². The number of hydrogen-bond donors (Lipinski definition) is 1. The first-order chi connectivity index (χ1) is 14.9. The number of esters is 1. The van der Waals surface area contributed by atoms with Crippen LogP contribution in [0.15, 0.2) is 23.8 Å². The van der Waals surface area contributed by atoms with Crippen molar-refractivity contribution in [2.24, 2.45) is 28.6 Å². The molecule has 0 bridgehead atoms. The normalized spacial score (nSPS) is 47.2. The van der Waals surface area contributed by atoms with Crippen LogP contribution in [0.5, 0.6) is 0 Å². The fourth-order valence-corrected chi connectivity index (χ4v) is 7.95. The molecule has 4 aliphatic carbocycles. The lowest BCUT2D eigenvalue weighted by atomic mass is 9.44. The van der Waals surface area contributed by atoms with E-state index in [1.807, 2.05) is 13.8 Å². The van der Waals surface area contributed by atoms with Gasteiger partial charge in [-0.15, -0.1) is 11.6 Å². The second kappa shape index (κ2) is 7.49. The number of hydrogen-bond acceptors (Lipinski definition) is 5. The highest BCUT2D eigenvalue weighted by Crippen LogP contribution is 2.71. The van der Waals surface area contributed by atoms with Crippen LogP contribution in [0.4, 0.5) is 4.39 Å². The lowest BCUT2D eigenvalue weighted by Crippen LogP contribution is -2.70. The fourth-order valence-electron chi connectivity index (χ4n) is 7.75. The highest BCUT2D eigenvalue weighted by molar-refractivity contribution is 6.29. The van der Waals surface area contributed by atoms with Crippen molar-refractivity contribution in [3.63, 3.8) is 0 Å². The monoisotopic (exact) mass is 466 g/mol. The smallest absolute Gasteiger partial charge is 0.306 e. The number of ether oxygens (including phenoxy) is 1. The van der Waals surface area contributed by atoms with Crippen LogP contribution in [-0.4, -0.2) is 45.9 Å². The third-order valence-corrected chi connectivity index (χ3v) is 9.52. The summed E-state index contributed by atoms with van der Waals surface area (Å²) in [4.78, 5) is 37.7. The van der Waals surface area contributed by atoms with E-state index >= 15 is 4.39 Å². The van der Waals surface area contributed by atoms with Gasteiger partial charge in [-0.3, -0.25) is 14.4 Å². The molecule has 5 nitrogen and oxygen atoms in total. The molecule has 1 N–H and O–H groups in total. The molecule has 0 spiro atoms. The predicted molar refractivity (Wildman–Crippen MR) is 118 cm³/mol. The number of carbonyl (C=O) groups excluding carboxylic acids is 3. The number of ketones is 2. The van der Waals surface area contributed by atoms with Gasteiger partial charge in [-0.1, -0.05) is 32.4 Å². The molecule has 3 fully saturated rings. The van der Waals surface area contributed by atoms with Crippen molar-refractivity contribution >= 4 is 29.1 Å². The van der Waals surface area contributed by atoms with E-state index in [1.165, 1.54) is 12.2 Å². The molecule has 0 aromatic rings. The number of fused-ring (bicyclic) bond motifs is 5. The van der Waals surface area contributed by atoms with Crippen molar-refractivity contribution in [1.29, 1.82) is 0 Å². The maximum absolute atomic E-state index is 17.2. The molecular weight excluding hydrogens is 435 g/mol. The molecule has 0 aromatic carbocycles. The Labute approximate surface area is 193 Å². The standard InChI is InChI=1S/C25H32ClFO5/c1-5-21(31)32-25(20(30)13-26)14(2)10-18-17-7-6-15-11-16(28)8-9-22(15,3)24(17,27)19(29)12-23(18,25)4/h8-9,11,14,17-19,29H,5-7,10,12-13H2,1-4H3/t14-,17-,18-,19+,22+,23+,24-,25-/m1/s1. The Morgan fingerprint density at radius 2 is 2.00 bits per heavy atom. The molecule has 4 aliphatic rings. The highest BCUT2D eigenvalue weighted by Gasteiger charge is 2.77.